The quantitative estimate of drug-likeness (QED) is 0.806. The van der Waals surface area contributed by atoms with E-state index in [9.17, 15) is 4.39 Å². The highest BCUT2D eigenvalue weighted by atomic mass is 19.1. The highest BCUT2D eigenvalue weighted by Crippen LogP contribution is 2.29. The van der Waals surface area contributed by atoms with Crippen LogP contribution < -0.4 is 5.73 Å². The number of halogens is 1. The van der Waals surface area contributed by atoms with Gasteiger partial charge >= 0.3 is 0 Å². The highest BCUT2D eigenvalue weighted by Gasteiger charge is 2.28. The van der Waals surface area contributed by atoms with E-state index in [0.29, 0.717) is 6.54 Å². The highest BCUT2D eigenvalue weighted by molar-refractivity contribution is 5.28. The Morgan fingerprint density at radius 3 is 2.72 bits per heavy atom. The number of benzene rings is 1. The van der Waals surface area contributed by atoms with Crippen molar-refractivity contribution in [1.29, 1.82) is 0 Å². The maximum absolute atomic E-state index is 13.2. The van der Waals surface area contributed by atoms with E-state index in [2.05, 4.69) is 11.8 Å². The monoisotopic (exact) mass is 250 g/mol. The molecule has 2 N–H and O–H groups in total. The fraction of sp³-hybridized carbons (Fsp3) is 0.600. The average molecular weight is 250 g/mol. The van der Waals surface area contributed by atoms with E-state index in [4.69, 9.17) is 5.73 Å². The first-order valence-corrected chi connectivity index (χ1v) is 6.96. The van der Waals surface area contributed by atoms with Gasteiger partial charge in [-0.2, -0.15) is 0 Å². The first-order chi connectivity index (χ1) is 8.74. The largest absolute Gasteiger partial charge is 0.326 e. The predicted molar refractivity (Wildman–Crippen MR) is 72.6 cm³/mol. The van der Waals surface area contributed by atoms with Gasteiger partial charge < -0.3 is 5.73 Å². The summed E-state index contributed by atoms with van der Waals surface area (Å²) in [6.07, 6.45) is 5.07. The lowest BCUT2D eigenvalue weighted by molar-refractivity contribution is 0.250. The topological polar surface area (TPSA) is 29.3 Å². The molecule has 0 bridgehead atoms. The summed E-state index contributed by atoms with van der Waals surface area (Å²) in [5, 5.41) is 0. The molecule has 0 unspecified atom stereocenters. The Labute approximate surface area is 109 Å². The van der Waals surface area contributed by atoms with Crippen molar-refractivity contribution in [2.45, 2.75) is 51.7 Å². The number of hydrogen-bond donors (Lipinski definition) is 1. The zero-order valence-corrected chi connectivity index (χ0v) is 11.2. The summed E-state index contributed by atoms with van der Waals surface area (Å²) < 4.78 is 13.2. The Bertz CT molecular complexity index is 388. The number of rotatable bonds is 7. The molecule has 0 aromatic heterocycles. The van der Waals surface area contributed by atoms with Crippen LogP contribution in [0.15, 0.2) is 18.2 Å². The van der Waals surface area contributed by atoms with Crippen LogP contribution in [0.25, 0.3) is 0 Å². The third-order valence-electron chi connectivity index (χ3n) is 3.62. The molecule has 2 rings (SSSR count). The van der Waals surface area contributed by atoms with Crippen molar-refractivity contribution >= 4 is 0 Å². The summed E-state index contributed by atoms with van der Waals surface area (Å²) in [6.45, 7) is 4.69. The molecule has 1 fully saturated rings. The van der Waals surface area contributed by atoms with E-state index in [-0.39, 0.29) is 5.82 Å². The second kappa shape index (κ2) is 6.30. The number of nitrogens with two attached hydrogens (primary N) is 1. The molecule has 0 saturated heterocycles. The second-order valence-electron chi connectivity index (χ2n) is 5.17. The molecular formula is C15H23FN2. The van der Waals surface area contributed by atoms with Gasteiger partial charge in [0.25, 0.3) is 0 Å². The lowest BCUT2D eigenvalue weighted by Crippen LogP contribution is -2.27. The number of hydrogen-bond acceptors (Lipinski definition) is 2. The third-order valence-corrected chi connectivity index (χ3v) is 3.62. The van der Waals surface area contributed by atoms with E-state index < -0.39 is 0 Å². The summed E-state index contributed by atoms with van der Waals surface area (Å²) in [4.78, 5) is 2.52. The third kappa shape index (κ3) is 3.53. The number of nitrogens with zero attached hydrogens (tertiary/aromatic N) is 1. The zero-order valence-electron chi connectivity index (χ0n) is 11.2. The summed E-state index contributed by atoms with van der Waals surface area (Å²) >= 11 is 0. The van der Waals surface area contributed by atoms with Gasteiger partial charge in [0.05, 0.1) is 0 Å². The van der Waals surface area contributed by atoms with Gasteiger partial charge in [0.2, 0.25) is 0 Å². The molecule has 0 heterocycles. The fourth-order valence-corrected chi connectivity index (χ4v) is 2.35. The van der Waals surface area contributed by atoms with E-state index >= 15 is 0 Å². The molecule has 18 heavy (non-hydrogen) atoms. The molecule has 0 amide bonds. The average Bonchev–Trinajstić information content (AvgIpc) is 3.20. The molecular weight excluding hydrogens is 227 g/mol. The summed E-state index contributed by atoms with van der Waals surface area (Å²) in [6, 6.07) is 5.74. The molecule has 1 aliphatic rings. The van der Waals surface area contributed by atoms with Gasteiger partial charge in [0.1, 0.15) is 5.82 Å². The Balaban J connectivity index is 2.05. The first kappa shape index (κ1) is 13.5. The summed E-state index contributed by atoms with van der Waals surface area (Å²) in [5.74, 6) is -0.189. The molecule has 2 nitrogen and oxygen atoms in total. The van der Waals surface area contributed by atoms with Crippen molar-refractivity contribution in [2.24, 2.45) is 5.73 Å². The Morgan fingerprint density at radius 2 is 2.11 bits per heavy atom. The molecule has 100 valence electrons. The first-order valence-electron chi connectivity index (χ1n) is 6.96. The minimum absolute atomic E-state index is 0.189. The Morgan fingerprint density at radius 1 is 1.33 bits per heavy atom. The molecule has 1 aliphatic carbocycles. The molecule has 0 radical (unpaired) electrons. The Hall–Kier alpha value is -0.930. The normalized spacial score (nSPS) is 15.3. The minimum Gasteiger partial charge on any atom is -0.326 e. The molecule has 3 heteroatoms. The maximum Gasteiger partial charge on any atom is 0.123 e. The van der Waals surface area contributed by atoms with Crippen molar-refractivity contribution in [2.75, 3.05) is 6.54 Å². The van der Waals surface area contributed by atoms with Gasteiger partial charge in [-0.1, -0.05) is 19.4 Å². The van der Waals surface area contributed by atoms with Gasteiger partial charge in [-0.15, -0.1) is 0 Å². The van der Waals surface area contributed by atoms with Crippen LogP contribution in [0.1, 0.15) is 43.7 Å². The molecule has 0 spiro atoms. The summed E-state index contributed by atoms with van der Waals surface area (Å²) in [5.41, 5.74) is 7.83. The van der Waals surface area contributed by atoms with Crippen LogP contribution in [-0.2, 0) is 13.1 Å². The van der Waals surface area contributed by atoms with E-state index in [0.717, 1.165) is 24.7 Å². The van der Waals surface area contributed by atoms with E-state index in [1.54, 1.807) is 12.1 Å². The molecule has 0 aliphatic heterocycles. The molecule has 0 atom stereocenters. The predicted octanol–water partition coefficient (Wildman–Crippen LogP) is 3.05. The lowest BCUT2D eigenvalue weighted by atomic mass is 10.1. The SMILES string of the molecule is CCCCN(Cc1ccc(F)cc1CN)C1CC1. The fourth-order valence-electron chi connectivity index (χ4n) is 2.35. The maximum atomic E-state index is 13.2. The van der Waals surface area contributed by atoms with Crippen LogP contribution in [0.5, 0.6) is 0 Å². The van der Waals surface area contributed by atoms with Crippen LogP contribution in [0.2, 0.25) is 0 Å². The van der Waals surface area contributed by atoms with Gasteiger partial charge in [-0.05, 0) is 49.1 Å². The van der Waals surface area contributed by atoms with Gasteiger partial charge in [-0.3, -0.25) is 4.90 Å². The van der Waals surface area contributed by atoms with Crippen molar-refractivity contribution < 1.29 is 4.39 Å². The summed E-state index contributed by atoms with van der Waals surface area (Å²) in [7, 11) is 0. The standard InChI is InChI=1S/C15H23FN2/c1-2-3-8-18(15-6-7-15)11-12-4-5-14(16)9-13(12)10-17/h4-5,9,15H,2-3,6-8,10-11,17H2,1H3. The van der Waals surface area contributed by atoms with Crippen LogP contribution in [-0.4, -0.2) is 17.5 Å². The minimum atomic E-state index is -0.189. The number of unbranched alkanes of at least 4 members (excludes halogenated alkanes) is 1. The van der Waals surface area contributed by atoms with Crippen molar-refractivity contribution in [1.82, 2.24) is 4.90 Å². The molecule has 1 saturated carbocycles. The second-order valence-corrected chi connectivity index (χ2v) is 5.17. The Kier molecular flexibility index (Phi) is 4.72. The molecule has 1 aromatic rings. The lowest BCUT2D eigenvalue weighted by Gasteiger charge is -2.23. The zero-order chi connectivity index (χ0) is 13.0. The van der Waals surface area contributed by atoms with Gasteiger partial charge in [0.15, 0.2) is 0 Å². The smallest absolute Gasteiger partial charge is 0.123 e. The van der Waals surface area contributed by atoms with Crippen LogP contribution in [0, 0.1) is 5.82 Å². The van der Waals surface area contributed by atoms with E-state index in [1.807, 2.05) is 6.07 Å². The van der Waals surface area contributed by atoms with Crippen molar-refractivity contribution in [3.05, 3.63) is 35.1 Å². The van der Waals surface area contributed by atoms with Gasteiger partial charge in [-0.25, -0.2) is 4.39 Å². The van der Waals surface area contributed by atoms with E-state index in [1.165, 1.54) is 31.2 Å². The van der Waals surface area contributed by atoms with Gasteiger partial charge in [0, 0.05) is 19.1 Å². The van der Waals surface area contributed by atoms with Crippen molar-refractivity contribution in [3.63, 3.8) is 0 Å². The van der Waals surface area contributed by atoms with Crippen molar-refractivity contribution in [3.8, 4) is 0 Å². The van der Waals surface area contributed by atoms with Crippen LogP contribution >= 0.6 is 0 Å². The van der Waals surface area contributed by atoms with Crippen LogP contribution in [0.3, 0.4) is 0 Å². The van der Waals surface area contributed by atoms with Crippen LogP contribution in [0.4, 0.5) is 4.39 Å². The molecule has 1 aromatic carbocycles.